The van der Waals surface area contributed by atoms with Crippen molar-refractivity contribution < 1.29 is 18.8 Å². The average Bonchev–Trinajstić information content (AvgIpc) is 3.34. The van der Waals surface area contributed by atoms with Crippen LogP contribution >= 0.6 is 0 Å². The molecule has 0 saturated carbocycles. The van der Waals surface area contributed by atoms with Crippen molar-refractivity contribution in [2.75, 3.05) is 18.4 Å². The maximum atomic E-state index is 13.8. The second kappa shape index (κ2) is 11.0. The Morgan fingerprint density at radius 3 is 2.36 bits per heavy atom. The Morgan fingerprint density at radius 2 is 1.64 bits per heavy atom. The maximum Gasteiger partial charge on any atom is 0.323 e. The monoisotopic (exact) mass is 489 g/mol. The van der Waals surface area contributed by atoms with Crippen LogP contribution in [0.3, 0.4) is 0 Å². The third-order valence-corrected chi connectivity index (χ3v) is 6.00. The number of nitrogens with zero attached hydrogens (tertiary/aromatic N) is 2. The molecule has 1 saturated heterocycles. The molecule has 0 aliphatic carbocycles. The molecule has 0 aromatic heterocycles. The first-order valence-corrected chi connectivity index (χ1v) is 11.6. The summed E-state index contributed by atoms with van der Waals surface area (Å²) >= 11 is 0. The van der Waals surface area contributed by atoms with Crippen LogP contribution in [0.2, 0.25) is 0 Å². The number of nitrogens with one attached hydrogen (secondary N) is 2. The van der Waals surface area contributed by atoms with Gasteiger partial charge >= 0.3 is 6.03 Å². The number of halogens is 1. The highest BCUT2D eigenvalue weighted by molar-refractivity contribution is 6.00. The minimum atomic E-state index is -1.20. The Hall–Kier alpha value is -4.24. The molecule has 9 heteroatoms. The van der Waals surface area contributed by atoms with E-state index in [1.54, 1.807) is 12.1 Å². The van der Waals surface area contributed by atoms with Gasteiger partial charge in [-0.05, 0) is 48.4 Å². The highest BCUT2D eigenvalue weighted by atomic mass is 19.1. The van der Waals surface area contributed by atoms with Gasteiger partial charge in [-0.25, -0.2) is 9.18 Å². The zero-order valence-corrected chi connectivity index (χ0v) is 19.9. The van der Waals surface area contributed by atoms with E-state index in [0.29, 0.717) is 12.2 Å². The number of carbonyl (C=O) groups is 3. The van der Waals surface area contributed by atoms with Gasteiger partial charge < -0.3 is 21.3 Å². The fourth-order valence-corrected chi connectivity index (χ4v) is 4.10. The summed E-state index contributed by atoms with van der Waals surface area (Å²) in [5.74, 6) is -1.62. The smallest absolute Gasteiger partial charge is 0.323 e. The van der Waals surface area contributed by atoms with Crippen molar-refractivity contribution in [1.29, 1.82) is 0 Å². The lowest BCUT2D eigenvalue weighted by atomic mass is 10.1. The van der Waals surface area contributed by atoms with Crippen LogP contribution in [-0.2, 0) is 17.9 Å². The average molecular weight is 490 g/mol. The standard InChI is InChI=1S/C27H28FN5O3/c1-18-8-10-23(11-9-18)31-27(36)33-13-12-32(26(35)21-6-3-7-22(28)15-21)25(33)24(34)30-17-20-5-2-4-19(14-20)16-29/h2-11,14-15,25H,12-13,16-17,29H2,1H3,(H,30,34)(H,31,36). The second-order valence-corrected chi connectivity index (χ2v) is 8.61. The van der Waals surface area contributed by atoms with Gasteiger partial charge in [-0.3, -0.25) is 14.5 Å². The SMILES string of the molecule is Cc1ccc(NC(=O)N2CCN(C(=O)c3cccc(F)c3)C2C(=O)NCc2cccc(CN)c2)cc1. The Labute approximate surface area is 208 Å². The van der Waals surface area contributed by atoms with Gasteiger partial charge in [0, 0.05) is 37.4 Å². The molecule has 1 aliphatic heterocycles. The van der Waals surface area contributed by atoms with Gasteiger partial charge in [-0.1, -0.05) is 48.0 Å². The van der Waals surface area contributed by atoms with Crippen LogP contribution in [0.5, 0.6) is 0 Å². The van der Waals surface area contributed by atoms with Crippen molar-refractivity contribution in [3.63, 3.8) is 0 Å². The van der Waals surface area contributed by atoms with Crippen molar-refractivity contribution >= 4 is 23.5 Å². The fraction of sp³-hybridized carbons (Fsp3) is 0.222. The molecule has 3 aromatic rings. The van der Waals surface area contributed by atoms with Crippen LogP contribution in [0.25, 0.3) is 0 Å². The van der Waals surface area contributed by atoms with Gasteiger partial charge in [0.05, 0.1) is 0 Å². The molecule has 4 N–H and O–H groups in total. The molecule has 1 atom stereocenters. The molecule has 1 unspecified atom stereocenters. The third kappa shape index (κ3) is 5.69. The van der Waals surface area contributed by atoms with Crippen LogP contribution in [0.15, 0.2) is 72.8 Å². The van der Waals surface area contributed by atoms with Crippen molar-refractivity contribution in [3.8, 4) is 0 Å². The molecule has 0 bridgehead atoms. The van der Waals surface area contributed by atoms with E-state index in [1.165, 1.54) is 28.0 Å². The lowest BCUT2D eigenvalue weighted by molar-refractivity contribution is -0.128. The summed E-state index contributed by atoms with van der Waals surface area (Å²) < 4.78 is 13.8. The van der Waals surface area contributed by atoms with E-state index in [9.17, 15) is 18.8 Å². The number of aryl methyl sites for hydroxylation is 1. The molecule has 0 radical (unpaired) electrons. The number of anilines is 1. The highest BCUT2D eigenvalue weighted by Crippen LogP contribution is 2.21. The minimum Gasteiger partial charge on any atom is -0.349 e. The minimum absolute atomic E-state index is 0.101. The maximum absolute atomic E-state index is 13.8. The first-order valence-electron chi connectivity index (χ1n) is 11.6. The summed E-state index contributed by atoms with van der Waals surface area (Å²) in [7, 11) is 0. The molecular formula is C27H28FN5O3. The van der Waals surface area contributed by atoms with Gasteiger partial charge in [0.15, 0.2) is 6.17 Å². The Morgan fingerprint density at radius 1 is 0.944 bits per heavy atom. The van der Waals surface area contributed by atoms with Crippen molar-refractivity contribution in [3.05, 3.63) is 101 Å². The van der Waals surface area contributed by atoms with Gasteiger partial charge in [-0.2, -0.15) is 0 Å². The summed E-state index contributed by atoms with van der Waals surface area (Å²) in [6.45, 7) is 2.76. The third-order valence-electron chi connectivity index (χ3n) is 6.00. The largest absolute Gasteiger partial charge is 0.349 e. The number of carbonyl (C=O) groups excluding carboxylic acids is 3. The van der Waals surface area contributed by atoms with Crippen molar-refractivity contribution in [2.45, 2.75) is 26.2 Å². The number of amides is 4. The summed E-state index contributed by atoms with van der Waals surface area (Å²) in [6.07, 6.45) is -1.20. The summed E-state index contributed by atoms with van der Waals surface area (Å²) in [5, 5.41) is 5.62. The predicted molar refractivity (Wildman–Crippen MR) is 134 cm³/mol. The zero-order chi connectivity index (χ0) is 25.7. The van der Waals surface area contributed by atoms with Crippen LogP contribution in [-0.4, -0.2) is 46.9 Å². The van der Waals surface area contributed by atoms with E-state index in [-0.39, 0.29) is 25.2 Å². The van der Waals surface area contributed by atoms with Crippen LogP contribution in [0.4, 0.5) is 14.9 Å². The van der Waals surface area contributed by atoms with Crippen LogP contribution in [0, 0.1) is 12.7 Å². The van der Waals surface area contributed by atoms with Crippen LogP contribution < -0.4 is 16.4 Å². The summed E-state index contributed by atoms with van der Waals surface area (Å²) in [5.41, 5.74) is 9.17. The molecular weight excluding hydrogens is 461 g/mol. The molecule has 0 spiro atoms. The van der Waals surface area contributed by atoms with E-state index in [0.717, 1.165) is 22.8 Å². The molecule has 4 rings (SSSR count). The molecule has 8 nitrogen and oxygen atoms in total. The molecule has 1 heterocycles. The molecule has 186 valence electrons. The molecule has 3 aromatic carbocycles. The second-order valence-electron chi connectivity index (χ2n) is 8.61. The van der Waals surface area contributed by atoms with Gasteiger partial charge in [0.25, 0.3) is 11.8 Å². The predicted octanol–water partition coefficient (Wildman–Crippen LogP) is 3.23. The first kappa shape index (κ1) is 24.9. The summed E-state index contributed by atoms with van der Waals surface area (Å²) in [6, 6.07) is 19.5. The lowest BCUT2D eigenvalue weighted by Crippen LogP contribution is -2.54. The van der Waals surface area contributed by atoms with E-state index in [1.807, 2.05) is 43.3 Å². The molecule has 1 fully saturated rings. The quantitative estimate of drug-likeness (QED) is 0.494. The Balaban J connectivity index is 1.56. The Kier molecular flexibility index (Phi) is 7.60. The van der Waals surface area contributed by atoms with Crippen molar-refractivity contribution in [2.24, 2.45) is 5.73 Å². The molecule has 4 amide bonds. The topological polar surface area (TPSA) is 108 Å². The van der Waals surface area contributed by atoms with Crippen LogP contribution in [0.1, 0.15) is 27.0 Å². The Bertz CT molecular complexity index is 1260. The zero-order valence-electron chi connectivity index (χ0n) is 19.9. The molecule has 1 aliphatic rings. The number of hydrogen-bond acceptors (Lipinski definition) is 4. The highest BCUT2D eigenvalue weighted by Gasteiger charge is 2.43. The summed E-state index contributed by atoms with van der Waals surface area (Å²) in [4.78, 5) is 42.4. The lowest BCUT2D eigenvalue weighted by Gasteiger charge is -2.29. The fourth-order valence-electron chi connectivity index (χ4n) is 4.10. The van der Waals surface area contributed by atoms with Gasteiger partial charge in [-0.15, -0.1) is 0 Å². The van der Waals surface area contributed by atoms with E-state index >= 15 is 0 Å². The number of rotatable bonds is 6. The van der Waals surface area contributed by atoms with Crippen molar-refractivity contribution in [1.82, 2.24) is 15.1 Å². The van der Waals surface area contributed by atoms with E-state index in [4.69, 9.17) is 5.73 Å². The van der Waals surface area contributed by atoms with Gasteiger partial charge in [0.2, 0.25) is 0 Å². The molecule has 36 heavy (non-hydrogen) atoms. The number of nitrogens with two attached hydrogens (primary N) is 1. The van der Waals surface area contributed by atoms with E-state index < -0.39 is 29.8 Å². The number of hydrogen-bond donors (Lipinski definition) is 3. The van der Waals surface area contributed by atoms with E-state index in [2.05, 4.69) is 10.6 Å². The normalized spacial score (nSPS) is 15.0. The number of benzene rings is 3. The number of urea groups is 1. The first-order chi connectivity index (χ1) is 17.4. The van der Waals surface area contributed by atoms with Gasteiger partial charge in [0.1, 0.15) is 5.82 Å².